The zero-order valence-corrected chi connectivity index (χ0v) is 11.2. The van der Waals surface area contributed by atoms with Crippen LogP contribution in [-0.4, -0.2) is 13.0 Å². The molecular weight excluding hydrogens is 238 g/mol. The second kappa shape index (κ2) is 6.50. The Morgan fingerprint density at radius 1 is 1.47 bits per heavy atom. The van der Waals surface area contributed by atoms with E-state index in [9.17, 15) is 4.79 Å². The molecule has 0 aliphatic heterocycles. The van der Waals surface area contributed by atoms with Crippen molar-refractivity contribution in [3.63, 3.8) is 0 Å². The number of halogens is 1. The smallest absolute Gasteiger partial charge is 0.220 e. The van der Waals surface area contributed by atoms with E-state index in [4.69, 9.17) is 16.3 Å². The van der Waals surface area contributed by atoms with E-state index in [1.54, 1.807) is 13.2 Å². The fourth-order valence-electron chi connectivity index (χ4n) is 1.44. The van der Waals surface area contributed by atoms with Crippen LogP contribution in [0.3, 0.4) is 0 Å². The first-order valence-corrected chi connectivity index (χ1v) is 6.00. The van der Waals surface area contributed by atoms with Crippen LogP contribution >= 0.6 is 11.6 Å². The fourth-order valence-corrected chi connectivity index (χ4v) is 1.67. The molecule has 0 radical (unpaired) electrons. The van der Waals surface area contributed by atoms with Crippen LogP contribution in [0.15, 0.2) is 18.2 Å². The first-order valence-electron chi connectivity index (χ1n) is 5.62. The highest BCUT2D eigenvalue weighted by atomic mass is 35.5. The average molecular weight is 256 g/mol. The summed E-state index contributed by atoms with van der Waals surface area (Å²) < 4.78 is 5.06. The van der Waals surface area contributed by atoms with Crippen LogP contribution in [0.25, 0.3) is 0 Å². The molecular formula is C13H18ClNO2. The Morgan fingerprint density at radius 3 is 2.71 bits per heavy atom. The zero-order chi connectivity index (χ0) is 12.8. The lowest BCUT2D eigenvalue weighted by Gasteiger charge is -2.09. The van der Waals surface area contributed by atoms with E-state index >= 15 is 0 Å². The van der Waals surface area contributed by atoms with Crippen molar-refractivity contribution >= 4 is 17.5 Å². The van der Waals surface area contributed by atoms with Crippen molar-refractivity contribution in [1.82, 2.24) is 5.32 Å². The van der Waals surface area contributed by atoms with Gasteiger partial charge in [-0.25, -0.2) is 0 Å². The lowest BCUT2D eigenvalue weighted by atomic mass is 10.1. The molecule has 3 nitrogen and oxygen atoms in total. The SMILES string of the molecule is COc1ccc(CNC(=O)CC(C)C)c(Cl)c1. The molecule has 0 aliphatic rings. The number of hydrogen-bond acceptors (Lipinski definition) is 2. The number of ether oxygens (including phenoxy) is 1. The minimum Gasteiger partial charge on any atom is -0.497 e. The largest absolute Gasteiger partial charge is 0.497 e. The number of methoxy groups -OCH3 is 1. The summed E-state index contributed by atoms with van der Waals surface area (Å²) >= 11 is 6.07. The molecule has 0 bridgehead atoms. The normalized spacial score (nSPS) is 10.4. The molecule has 0 saturated heterocycles. The van der Waals surface area contributed by atoms with Crippen molar-refractivity contribution in [2.75, 3.05) is 7.11 Å². The highest BCUT2D eigenvalue weighted by molar-refractivity contribution is 6.31. The van der Waals surface area contributed by atoms with Gasteiger partial charge in [0.25, 0.3) is 0 Å². The Labute approximate surface area is 107 Å². The first kappa shape index (κ1) is 13.8. The Bertz CT molecular complexity index is 391. The van der Waals surface area contributed by atoms with Crippen LogP contribution in [0, 0.1) is 5.92 Å². The van der Waals surface area contributed by atoms with Crippen LogP contribution in [-0.2, 0) is 11.3 Å². The fraction of sp³-hybridized carbons (Fsp3) is 0.462. The molecule has 0 heterocycles. The maximum Gasteiger partial charge on any atom is 0.220 e. The van der Waals surface area contributed by atoms with E-state index < -0.39 is 0 Å². The number of rotatable bonds is 5. The maximum atomic E-state index is 11.5. The highest BCUT2D eigenvalue weighted by Gasteiger charge is 2.06. The maximum absolute atomic E-state index is 11.5. The van der Waals surface area contributed by atoms with Crippen LogP contribution in [0.2, 0.25) is 5.02 Å². The Hall–Kier alpha value is -1.22. The molecule has 0 fully saturated rings. The van der Waals surface area contributed by atoms with Crippen molar-refractivity contribution in [2.24, 2.45) is 5.92 Å². The number of carbonyl (C=O) groups excluding carboxylic acids is 1. The number of hydrogen-bond donors (Lipinski definition) is 1. The van der Waals surface area contributed by atoms with Gasteiger partial charge >= 0.3 is 0 Å². The van der Waals surface area contributed by atoms with Gasteiger partial charge in [-0.2, -0.15) is 0 Å². The van der Waals surface area contributed by atoms with Gasteiger partial charge in [0.05, 0.1) is 7.11 Å². The van der Waals surface area contributed by atoms with Crippen LogP contribution in [0.5, 0.6) is 5.75 Å². The summed E-state index contributed by atoms with van der Waals surface area (Å²) in [6.45, 7) is 4.48. The van der Waals surface area contributed by atoms with E-state index in [1.807, 2.05) is 26.0 Å². The first-order chi connectivity index (χ1) is 8.02. The summed E-state index contributed by atoms with van der Waals surface area (Å²) in [6, 6.07) is 5.43. The van der Waals surface area contributed by atoms with Crippen molar-refractivity contribution in [1.29, 1.82) is 0 Å². The van der Waals surface area contributed by atoms with E-state index in [2.05, 4.69) is 5.32 Å². The number of amides is 1. The predicted molar refractivity (Wildman–Crippen MR) is 69.3 cm³/mol. The van der Waals surface area contributed by atoms with Crippen LogP contribution in [0.1, 0.15) is 25.8 Å². The lowest BCUT2D eigenvalue weighted by Crippen LogP contribution is -2.24. The summed E-state index contributed by atoms with van der Waals surface area (Å²) in [6.07, 6.45) is 0.535. The van der Waals surface area contributed by atoms with Gasteiger partial charge in [0.2, 0.25) is 5.91 Å². The minimum atomic E-state index is 0.0480. The van der Waals surface area contributed by atoms with Gasteiger partial charge in [0, 0.05) is 18.0 Å². The summed E-state index contributed by atoms with van der Waals surface area (Å²) in [5.41, 5.74) is 0.893. The standard InChI is InChI=1S/C13H18ClNO2/c1-9(2)6-13(16)15-8-10-4-5-11(17-3)7-12(10)14/h4-5,7,9H,6,8H2,1-3H3,(H,15,16). The third-order valence-corrected chi connectivity index (χ3v) is 2.68. The third kappa shape index (κ3) is 4.65. The Balaban J connectivity index is 2.55. The van der Waals surface area contributed by atoms with E-state index in [1.165, 1.54) is 0 Å². The molecule has 0 spiro atoms. The van der Waals surface area contributed by atoms with Crippen molar-refractivity contribution in [2.45, 2.75) is 26.8 Å². The van der Waals surface area contributed by atoms with Gasteiger partial charge in [0.15, 0.2) is 0 Å². The van der Waals surface area contributed by atoms with Crippen molar-refractivity contribution in [3.8, 4) is 5.75 Å². The lowest BCUT2D eigenvalue weighted by molar-refractivity contribution is -0.121. The average Bonchev–Trinajstić information content (AvgIpc) is 2.26. The molecule has 0 atom stereocenters. The van der Waals surface area contributed by atoms with Gasteiger partial charge in [0.1, 0.15) is 5.75 Å². The molecule has 0 aromatic heterocycles. The molecule has 94 valence electrons. The number of nitrogens with one attached hydrogen (secondary N) is 1. The van der Waals surface area contributed by atoms with Gasteiger partial charge in [-0.15, -0.1) is 0 Å². The Morgan fingerprint density at radius 2 is 2.18 bits per heavy atom. The topological polar surface area (TPSA) is 38.3 Å². The minimum absolute atomic E-state index is 0.0480. The molecule has 1 N–H and O–H groups in total. The summed E-state index contributed by atoms with van der Waals surface area (Å²) in [4.78, 5) is 11.5. The second-order valence-electron chi connectivity index (χ2n) is 4.33. The molecule has 17 heavy (non-hydrogen) atoms. The third-order valence-electron chi connectivity index (χ3n) is 2.33. The van der Waals surface area contributed by atoms with Gasteiger partial charge < -0.3 is 10.1 Å². The van der Waals surface area contributed by atoms with Crippen LogP contribution < -0.4 is 10.1 Å². The summed E-state index contributed by atoms with van der Waals surface area (Å²) in [5, 5.41) is 3.45. The molecule has 4 heteroatoms. The second-order valence-corrected chi connectivity index (χ2v) is 4.74. The number of benzene rings is 1. The molecule has 1 amide bonds. The van der Waals surface area contributed by atoms with E-state index in [-0.39, 0.29) is 5.91 Å². The quantitative estimate of drug-likeness (QED) is 0.878. The number of carbonyl (C=O) groups is 1. The molecule has 0 unspecified atom stereocenters. The highest BCUT2D eigenvalue weighted by Crippen LogP contribution is 2.22. The van der Waals surface area contributed by atoms with Crippen molar-refractivity contribution < 1.29 is 9.53 Å². The van der Waals surface area contributed by atoms with Gasteiger partial charge in [-0.3, -0.25) is 4.79 Å². The van der Waals surface area contributed by atoms with E-state index in [0.29, 0.717) is 29.7 Å². The summed E-state index contributed by atoms with van der Waals surface area (Å²) in [7, 11) is 1.59. The monoisotopic (exact) mass is 255 g/mol. The van der Waals surface area contributed by atoms with Crippen molar-refractivity contribution in [3.05, 3.63) is 28.8 Å². The molecule has 1 rings (SSSR count). The molecule has 0 aliphatic carbocycles. The predicted octanol–water partition coefficient (Wildman–Crippen LogP) is 3.01. The zero-order valence-electron chi connectivity index (χ0n) is 10.4. The molecule has 0 saturated carbocycles. The Kier molecular flexibility index (Phi) is 5.29. The van der Waals surface area contributed by atoms with Gasteiger partial charge in [-0.1, -0.05) is 31.5 Å². The van der Waals surface area contributed by atoms with E-state index in [0.717, 1.165) is 5.56 Å². The van der Waals surface area contributed by atoms with Gasteiger partial charge in [-0.05, 0) is 23.6 Å². The van der Waals surface area contributed by atoms with Crippen LogP contribution in [0.4, 0.5) is 0 Å². The summed E-state index contributed by atoms with van der Waals surface area (Å²) in [5.74, 6) is 1.13. The molecule has 1 aromatic carbocycles. The molecule has 1 aromatic rings.